The second kappa shape index (κ2) is 24.7. The third-order valence-corrected chi connectivity index (χ3v) is 8.75. The summed E-state index contributed by atoms with van der Waals surface area (Å²) in [7, 11) is 0. The van der Waals surface area contributed by atoms with Gasteiger partial charge in [-0.05, 0) is 38.5 Å². The van der Waals surface area contributed by atoms with E-state index < -0.39 is 35.7 Å². The minimum absolute atomic E-state index is 0.444. The van der Waals surface area contributed by atoms with Gasteiger partial charge in [0.05, 0.1) is 38.0 Å². The lowest BCUT2D eigenvalue weighted by Gasteiger charge is -2.41. The zero-order valence-electron chi connectivity index (χ0n) is 26.9. The first kappa shape index (κ1) is 39.1. The van der Waals surface area contributed by atoms with Crippen molar-refractivity contribution in [3.05, 3.63) is 12.2 Å². The van der Waals surface area contributed by atoms with Crippen LogP contribution < -0.4 is 5.11 Å². The van der Waals surface area contributed by atoms with Crippen molar-refractivity contribution in [2.75, 3.05) is 26.2 Å². The van der Waals surface area contributed by atoms with Crippen molar-refractivity contribution in [2.45, 2.75) is 143 Å². The number of carboxylic acid groups (broad SMARTS) is 3. The molecule has 0 rings (SSSR count). The van der Waals surface area contributed by atoms with Gasteiger partial charge in [0.1, 0.15) is 0 Å². The normalized spacial score (nSPS) is 15.4. The molecule has 7 nitrogen and oxygen atoms in total. The molecule has 0 aromatic heterocycles. The van der Waals surface area contributed by atoms with Gasteiger partial charge in [-0.3, -0.25) is 9.59 Å². The third kappa shape index (κ3) is 21.5. The van der Waals surface area contributed by atoms with E-state index >= 15 is 0 Å². The van der Waals surface area contributed by atoms with Gasteiger partial charge in [0.25, 0.3) is 0 Å². The number of aliphatic carboxylic acids is 3. The molecule has 7 heteroatoms. The Morgan fingerprint density at radius 1 is 0.585 bits per heavy atom. The van der Waals surface area contributed by atoms with Gasteiger partial charge in [0.15, 0.2) is 0 Å². The highest BCUT2D eigenvalue weighted by Crippen LogP contribution is 2.22. The Morgan fingerprint density at radius 2 is 0.951 bits per heavy atom. The Labute approximate surface area is 251 Å². The lowest BCUT2D eigenvalue weighted by atomic mass is 10.0. The lowest BCUT2D eigenvalue weighted by molar-refractivity contribution is -0.929. The number of nitrogens with zero attached hydrogens (tertiary/aromatic N) is 1. The van der Waals surface area contributed by atoms with Gasteiger partial charge in [-0.15, -0.1) is 0 Å². The molecule has 0 amide bonds. The fourth-order valence-electron chi connectivity index (χ4n) is 5.31. The van der Waals surface area contributed by atoms with E-state index in [0.29, 0.717) is 43.4 Å². The predicted molar refractivity (Wildman–Crippen MR) is 165 cm³/mol. The molecule has 0 aromatic carbocycles. The molecular formula is C34H63NO6. The van der Waals surface area contributed by atoms with E-state index in [1.54, 1.807) is 20.8 Å². The van der Waals surface area contributed by atoms with Crippen LogP contribution >= 0.6 is 0 Å². The minimum Gasteiger partial charge on any atom is -0.550 e. The number of carbonyl (C=O) groups excluding carboxylic acids is 1. The summed E-state index contributed by atoms with van der Waals surface area (Å²) in [5, 5.41) is 30.2. The Hall–Kier alpha value is -1.89. The molecule has 3 atom stereocenters. The van der Waals surface area contributed by atoms with Gasteiger partial charge in [0.2, 0.25) is 0 Å². The van der Waals surface area contributed by atoms with Crippen molar-refractivity contribution in [1.82, 2.24) is 0 Å². The second-order valence-electron chi connectivity index (χ2n) is 12.6. The van der Waals surface area contributed by atoms with Gasteiger partial charge in [-0.1, -0.05) is 97.6 Å². The van der Waals surface area contributed by atoms with Crippen LogP contribution in [0.3, 0.4) is 0 Å². The maximum Gasteiger partial charge on any atom is 0.306 e. The summed E-state index contributed by atoms with van der Waals surface area (Å²) in [5.41, 5.74) is 0. The summed E-state index contributed by atoms with van der Waals surface area (Å²) in [6.45, 7) is 9.96. The van der Waals surface area contributed by atoms with Gasteiger partial charge in [-0.2, -0.15) is 0 Å². The van der Waals surface area contributed by atoms with E-state index in [-0.39, 0.29) is 0 Å². The molecule has 0 aliphatic heterocycles. The molecule has 0 bridgehead atoms. The van der Waals surface area contributed by atoms with Crippen LogP contribution in [0.15, 0.2) is 12.2 Å². The maximum absolute atomic E-state index is 11.5. The maximum atomic E-state index is 11.5. The van der Waals surface area contributed by atoms with Crippen molar-refractivity contribution >= 4 is 17.9 Å². The molecule has 0 fully saturated rings. The molecule has 0 spiro atoms. The molecule has 2 N–H and O–H groups in total. The number of hydrogen-bond donors (Lipinski definition) is 2. The molecule has 0 saturated carbocycles. The highest BCUT2D eigenvalue weighted by atomic mass is 16.4. The van der Waals surface area contributed by atoms with Crippen molar-refractivity contribution in [2.24, 2.45) is 17.8 Å². The number of quaternary nitrogens is 1. The molecule has 0 heterocycles. The van der Waals surface area contributed by atoms with E-state index in [0.717, 1.165) is 25.8 Å². The Balaban J connectivity index is 4.58. The first-order valence-corrected chi connectivity index (χ1v) is 16.7. The zero-order valence-corrected chi connectivity index (χ0v) is 26.9. The average molecular weight is 582 g/mol. The fourth-order valence-corrected chi connectivity index (χ4v) is 5.31. The SMILES string of the molecule is CCCCCC/C=C/CCCCCCCCCCC[N+](CCC(C)C(=O)[O-])(CCC(C)C(=O)O)CCC(C)C(=O)O. The van der Waals surface area contributed by atoms with Gasteiger partial charge in [-0.25, -0.2) is 0 Å². The van der Waals surface area contributed by atoms with Crippen LogP contribution in [0.2, 0.25) is 0 Å². The van der Waals surface area contributed by atoms with Crippen LogP contribution in [-0.2, 0) is 14.4 Å². The first-order valence-electron chi connectivity index (χ1n) is 16.7. The Kier molecular flexibility index (Phi) is 23.5. The van der Waals surface area contributed by atoms with E-state index in [2.05, 4.69) is 19.1 Å². The Bertz CT molecular complexity index is 662. The standard InChI is InChI=1S/C34H63NO6/c1-5-6-7-8-9-10-11-12-13-14-15-16-17-18-19-20-21-25-35(26-22-29(2)32(36)37,27-23-30(3)33(38)39)28-24-31(4)34(40)41/h10-11,29-31H,5-9,12-28H2,1-4H3,(H2-,36,37,38,39,40,41)/b11-10+. The van der Waals surface area contributed by atoms with Gasteiger partial charge >= 0.3 is 11.9 Å². The summed E-state index contributed by atoms with van der Waals surface area (Å²) >= 11 is 0. The smallest absolute Gasteiger partial charge is 0.306 e. The van der Waals surface area contributed by atoms with Crippen LogP contribution in [-0.4, -0.2) is 58.8 Å². The quantitative estimate of drug-likeness (QED) is 0.0547. The third-order valence-electron chi connectivity index (χ3n) is 8.75. The number of unbranched alkanes of at least 4 members (excludes halogenated alkanes) is 13. The summed E-state index contributed by atoms with van der Waals surface area (Å²) in [6.07, 6.45) is 24.7. The van der Waals surface area contributed by atoms with Crippen molar-refractivity contribution in [1.29, 1.82) is 0 Å². The predicted octanol–water partition coefficient (Wildman–Crippen LogP) is 7.23. The number of hydrogen-bond acceptors (Lipinski definition) is 4. The topological polar surface area (TPSA) is 115 Å². The Morgan fingerprint density at radius 3 is 1.34 bits per heavy atom. The number of rotatable bonds is 29. The number of carboxylic acids is 3. The molecule has 3 unspecified atom stereocenters. The zero-order chi connectivity index (χ0) is 30.9. The van der Waals surface area contributed by atoms with Crippen LogP contribution in [0.25, 0.3) is 0 Å². The first-order chi connectivity index (χ1) is 19.5. The highest BCUT2D eigenvalue weighted by Gasteiger charge is 2.30. The summed E-state index contributed by atoms with van der Waals surface area (Å²) < 4.78 is 0.583. The highest BCUT2D eigenvalue weighted by molar-refractivity contribution is 5.69. The second-order valence-corrected chi connectivity index (χ2v) is 12.6. The van der Waals surface area contributed by atoms with E-state index in [1.807, 2.05) is 0 Å². The molecule has 240 valence electrons. The molecule has 0 aromatic rings. The van der Waals surface area contributed by atoms with E-state index in [1.165, 1.54) is 77.0 Å². The van der Waals surface area contributed by atoms with Gasteiger partial charge < -0.3 is 24.6 Å². The molecule has 0 radical (unpaired) electrons. The average Bonchev–Trinajstić information content (AvgIpc) is 2.94. The number of allylic oxidation sites excluding steroid dienone is 2. The molecule has 0 aliphatic rings. The van der Waals surface area contributed by atoms with Crippen LogP contribution in [0, 0.1) is 17.8 Å². The summed E-state index contributed by atoms with van der Waals surface area (Å²) in [5.74, 6) is -4.31. The van der Waals surface area contributed by atoms with Crippen LogP contribution in [0.1, 0.15) is 143 Å². The largest absolute Gasteiger partial charge is 0.550 e. The molecule has 41 heavy (non-hydrogen) atoms. The molecule has 0 aliphatic carbocycles. The lowest BCUT2D eigenvalue weighted by Crippen LogP contribution is -2.52. The van der Waals surface area contributed by atoms with Crippen molar-refractivity contribution in [3.63, 3.8) is 0 Å². The van der Waals surface area contributed by atoms with Crippen LogP contribution in [0.4, 0.5) is 0 Å². The van der Waals surface area contributed by atoms with Crippen molar-refractivity contribution < 1.29 is 34.2 Å². The number of carbonyl (C=O) groups is 3. The molecule has 0 saturated heterocycles. The van der Waals surface area contributed by atoms with Gasteiger partial charge in [0, 0.05) is 31.1 Å². The molecular weight excluding hydrogens is 518 g/mol. The monoisotopic (exact) mass is 581 g/mol. The summed E-state index contributed by atoms with van der Waals surface area (Å²) in [6, 6.07) is 0. The minimum atomic E-state index is -1.07. The van der Waals surface area contributed by atoms with Crippen molar-refractivity contribution in [3.8, 4) is 0 Å². The van der Waals surface area contributed by atoms with Crippen LogP contribution in [0.5, 0.6) is 0 Å². The van der Waals surface area contributed by atoms with E-state index in [9.17, 15) is 29.7 Å². The van der Waals surface area contributed by atoms with E-state index in [4.69, 9.17) is 0 Å². The summed E-state index contributed by atoms with van der Waals surface area (Å²) in [4.78, 5) is 34.3. The fraction of sp³-hybridized carbons (Fsp3) is 0.853.